The lowest BCUT2D eigenvalue weighted by atomic mass is 10.0. The highest BCUT2D eigenvalue weighted by molar-refractivity contribution is 5.81. The molecule has 0 saturated heterocycles. The number of nitrogens with one attached hydrogen (secondary N) is 1. The maximum absolute atomic E-state index is 11.7. The summed E-state index contributed by atoms with van der Waals surface area (Å²) < 4.78 is 0. The van der Waals surface area contributed by atoms with Crippen molar-refractivity contribution in [3.63, 3.8) is 0 Å². The molecule has 5 N–H and O–H groups in total. The number of hydrogen-bond donors (Lipinski definition) is 3. The van der Waals surface area contributed by atoms with E-state index in [0.29, 0.717) is 13.1 Å². The standard InChI is InChI=1S/C13H21N3O/c1-9(2)12(15)13(17)16-8-11-5-3-4-10(6-11)7-14/h3-6,9,12H,7-8,14-15H2,1-2H3,(H,16,17). The van der Waals surface area contributed by atoms with Gasteiger partial charge in [-0.05, 0) is 17.0 Å². The maximum Gasteiger partial charge on any atom is 0.237 e. The fraction of sp³-hybridized carbons (Fsp3) is 0.462. The lowest BCUT2D eigenvalue weighted by Crippen LogP contribution is -2.43. The van der Waals surface area contributed by atoms with E-state index >= 15 is 0 Å². The van der Waals surface area contributed by atoms with Gasteiger partial charge >= 0.3 is 0 Å². The Labute approximate surface area is 102 Å². The molecule has 0 radical (unpaired) electrons. The van der Waals surface area contributed by atoms with Crippen LogP contribution in [0.5, 0.6) is 0 Å². The van der Waals surface area contributed by atoms with Crippen LogP contribution >= 0.6 is 0 Å². The molecule has 0 saturated carbocycles. The molecule has 4 heteroatoms. The Hall–Kier alpha value is -1.39. The number of nitrogens with two attached hydrogens (primary N) is 2. The minimum atomic E-state index is -0.451. The Bertz CT molecular complexity index is 377. The van der Waals surface area contributed by atoms with E-state index in [1.54, 1.807) is 0 Å². The van der Waals surface area contributed by atoms with Gasteiger partial charge in [-0.2, -0.15) is 0 Å². The monoisotopic (exact) mass is 235 g/mol. The molecular weight excluding hydrogens is 214 g/mol. The van der Waals surface area contributed by atoms with Gasteiger partial charge in [0.25, 0.3) is 0 Å². The predicted molar refractivity (Wildman–Crippen MR) is 69.0 cm³/mol. The van der Waals surface area contributed by atoms with E-state index in [2.05, 4.69) is 5.32 Å². The van der Waals surface area contributed by atoms with Crippen molar-refractivity contribution in [1.29, 1.82) is 0 Å². The topological polar surface area (TPSA) is 81.1 Å². The summed E-state index contributed by atoms with van der Waals surface area (Å²) in [6, 6.07) is 7.39. The van der Waals surface area contributed by atoms with Crippen LogP contribution in [-0.4, -0.2) is 11.9 Å². The molecule has 0 fully saturated rings. The largest absolute Gasteiger partial charge is 0.351 e. The van der Waals surface area contributed by atoms with E-state index in [1.807, 2.05) is 38.1 Å². The van der Waals surface area contributed by atoms with Crippen molar-refractivity contribution in [2.45, 2.75) is 33.0 Å². The van der Waals surface area contributed by atoms with Gasteiger partial charge in [-0.3, -0.25) is 4.79 Å². The van der Waals surface area contributed by atoms with Gasteiger partial charge in [0.05, 0.1) is 6.04 Å². The van der Waals surface area contributed by atoms with Gasteiger partial charge in [-0.15, -0.1) is 0 Å². The molecule has 1 aromatic rings. The van der Waals surface area contributed by atoms with Crippen molar-refractivity contribution in [1.82, 2.24) is 5.32 Å². The first kappa shape index (κ1) is 13.7. The zero-order valence-corrected chi connectivity index (χ0v) is 10.4. The second kappa shape index (κ2) is 6.37. The van der Waals surface area contributed by atoms with Crippen LogP contribution in [0.4, 0.5) is 0 Å². The molecule has 1 aromatic carbocycles. The molecule has 1 amide bonds. The second-order valence-electron chi connectivity index (χ2n) is 4.51. The predicted octanol–water partition coefficient (Wildman–Crippen LogP) is 0.745. The van der Waals surface area contributed by atoms with E-state index in [4.69, 9.17) is 11.5 Å². The summed E-state index contributed by atoms with van der Waals surface area (Å²) in [7, 11) is 0. The van der Waals surface area contributed by atoms with Crippen molar-refractivity contribution in [3.8, 4) is 0 Å². The molecule has 17 heavy (non-hydrogen) atoms. The van der Waals surface area contributed by atoms with Crippen LogP contribution in [0.3, 0.4) is 0 Å². The van der Waals surface area contributed by atoms with Gasteiger partial charge in [-0.25, -0.2) is 0 Å². The van der Waals surface area contributed by atoms with Crippen molar-refractivity contribution < 1.29 is 4.79 Å². The number of hydrogen-bond acceptors (Lipinski definition) is 3. The Morgan fingerprint density at radius 2 is 2.00 bits per heavy atom. The van der Waals surface area contributed by atoms with Crippen molar-refractivity contribution in [2.24, 2.45) is 17.4 Å². The van der Waals surface area contributed by atoms with Gasteiger partial charge in [-0.1, -0.05) is 38.1 Å². The lowest BCUT2D eigenvalue weighted by Gasteiger charge is -2.15. The smallest absolute Gasteiger partial charge is 0.237 e. The molecule has 1 unspecified atom stereocenters. The Kier molecular flexibility index (Phi) is 5.12. The first-order valence-corrected chi connectivity index (χ1v) is 5.85. The van der Waals surface area contributed by atoms with Crippen LogP contribution in [0.1, 0.15) is 25.0 Å². The molecule has 94 valence electrons. The summed E-state index contributed by atoms with van der Waals surface area (Å²) in [4.78, 5) is 11.7. The normalized spacial score (nSPS) is 12.5. The van der Waals surface area contributed by atoms with Crippen molar-refractivity contribution >= 4 is 5.91 Å². The van der Waals surface area contributed by atoms with Crippen LogP contribution in [-0.2, 0) is 17.9 Å². The molecule has 0 aliphatic rings. The highest BCUT2D eigenvalue weighted by Crippen LogP contribution is 2.05. The van der Waals surface area contributed by atoms with E-state index < -0.39 is 6.04 Å². The minimum Gasteiger partial charge on any atom is -0.351 e. The van der Waals surface area contributed by atoms with Crippen LogP contribution in [0.15, 0.2) is 24.3 Å². The van der Waals surface area contributed by atoms with Gasteiger partial charge in [0.15, 0.2) is 0 Å². The van der Waals surface area contributed by atoms with E-state index in [0.717, 1.165) is 11.1 Å². The minimum absolute atomic E-state index is 0.113. The Balaban J connectivity index is 2.52. The molecule has 0 aliphatic heterocycles. The summed E-state index contributed by atoms with van der Waals surface area (Å²) in [5.74, 6) is 0.0310. The zero-order chi connectivity index (χ0) is 12.8. The van der Waals surface area contributed by atoms with Crippen LogP contribution in [0, 0.1) is 5.92 Å². The highest BCUT2D eigenvalue weighted by atomic mass is 16.2. The molecule has 4 nitrogen and oxygen atoms in total. The van der Waals surface area contributed by atoms with Gasteiger partial charge in [0.2, 0.25) is 5.91 Å². The summed E-state index contributed by atoms with van der Waals surface area (Å²) in [5, 5.41) is 2.83. The first-order chi connectivity index (χ1) is 8.04. The van der Waals surface area contributed by atoms with Crippen molar-refractivity contribution in [2.75, 3.05) is 0 Å². The van der Waals surface area contributed by atoms with E-state index in [-0.39, 0.29) is 11.8 Å². The van der Waals surface area contributed by atoms with Gasteiger partial charge in [0, 0.05) is 13.1 Å². The SMILES string of the molecule is CC(C)C(N)C(=O)NCc1cccc(CN)c1. The quantitative estimate of drug-likeness (QED) is 0.704. The van der Waals surface area contributed by atoms with Crippen molar-refractivity contribution in [3.05, 3.63) is 35.4 Å². The van der Waals surface area contributed by atoms with E-state index in [1.165, 1.54) is 0 Å². The number of carbonyl (C=O) groups is 1. The number of benzene rings is 1. The van der Waals surface area contributed by atoms with Gasteiger partial charge in [0.1, 0.15) is 0 Å². The molecule has 0 spiro atoms. The lowest BCUT2D eigenvalue weighted by molar-refractivity contribution is -0.123. The van der Waals surface area contributed by atoms with Crippen LogP contribution in [0.2, 0.25) is 0 Å². The van der Waals surface area contributed by atoms with E-state index in [9.17, 15) is 4.79 Å². The van der Waals surface area contributed by atoms with Crippen LogP contribution in [0.25, 0.3) is 0 Å². The molecule has 0 bridgehead atoms. The molecule has 0 heterocycles. The van der Waals surface area contributed by atoms with Gasteiger partial charge < -0.3 is 16.8 Å². The summed E-state index contributed by atoms with van der Waals surface area (Å²) in [6.45, 7) is 4.86. The Morgan fingerprint density at radius 1 is 1.35 bits per heavy atom. The molecule has 0 aliphatic carbocycles. The fourth-order valence-electron chi connectivity index (χ4n) is 1.48. The third-order valence-electron chi connectivity index (χ3n) is 2.71. The molecular formula is C13H21N3O. The number of rotatable bonds is 5. The average Bonchev–Trinajstić information content (AvgIpc) is 2.35. The highest BCUT2D eigenvalue weighted by Gasteiger charge is 2.16. The third-order valence-corrected chi connectivity index (χ3v) is 2.71. The Morgan fingerprint density at radius 3 is 2.59 bits per heavy atom. The average molecular weight is 235 g/mol. The van der Waals surface area contributed by atoms with Crippen LogP contribution < -0.4 is 16.8 Å². The molecule has 1 atom stereocenters. The molecule has 1 rings (SSSR count). The summed E-state index contributed by atoms with van der Waals surface area (Å²) in [5.41, 5.74) is 13.4. The summed E-state index contributed by atoms with van der Waals surface area (Å²) in [6.07, 6.45) is 0. The third kappa shape index (κ3) is 4.17. The number of amides is 1. The zero-order valence-electron chi connectivity index (χ0n) is 10.4. The first-order valence-electron chi connectivity index (χ1n) is 5.85. The maximum atomic E-state index is 11.7. The summed E-state index contributed by atoms with van der Waals surface area (Å²) >= 11 is 0. The second-order valence-corrected chi connectivity index (χ2v) is 4.51. The fourth-order valence-corrected chi connectivity index (χ4v) is 1.48. The molecule has 0 aromatic heterocycles. The number of carbonyl (C=O) groups excluding carboxylic acids is 1.